The number of pyridine rings is 1. The molecule has 2 heterocycles. The summed E-state index contributed by atoms with van der Waals surface area (Å²) in [6.45, 7) is 0. The minimum Gasteiger partial charge on any atom is -0.497 e. The average Bonchev–Trinajstić information content (AvgIpc) is 3.20. The van der Waals surface area contributed by atoms with E-state index in [1.807, 2.05) is 55.0 Å². The Balaban J connectivity index is 1.16. The summed E-state index contributed by atoms with van der Waals surface area (Å²) in [7, 11) is 1.68. The van der Waals surface area contributed by atoms with Gasteiger partial charge in [0.15, 0.2) is 5.82 Å². The average molecular weight is 412 g/mol. The minimum atomic E-state index is -0.0711. The zero-order valence-electron chi connectivity index (χ0n) is 17.4. The first-order chi connectivity index (χ1) is 15.2. The van der Waals surface area contributed by atoms with Gasteiger partial charge in [0.2, 0.25) is 5.91 Å². The number of benzene rings is 2. The van der Waals surface area contributed by atoms with E-state index in [9.17, 15) is 4.79 Å². The highest BCUT2D eigenvalue weighted by Crippen LogP contribution is 2.45. The smallest absolute Gasteiger partial charge is 0.229 e. The van der Waals surface area contributed by atoms with E-state index in [0.717, 1.165) is 35.1 Å². The van der Waals surface area contributed by atoms with E-state index in [2.05, 4.69) is 32.0 Å². The number of hydrogen-bond acceptors (Lipinski definition) is 4. The third kappa shape index (κ3) is 4.14. The number of nitrogens with one attached hydrogen (secondary N) is 1. The van der Waals surface area contributed by atoms with Crippen LogP contribution in [0, 0.1) is 0 Å². The topological polar surface area (TPSA) is 69.0 Å². The predicted molar refractivity (Wildman–Crippen MR) is 120 cm³/mol. The Kier molecular flexibility index (Phi) is 5.12. The first-order valence-electron chi connectivity index (χ1n) is 10.5. The summed E-state index contributed by atoms with van der Waals surface area (Å²) in [6, 6.07) is 18.5. The standard InChI is InChI=1S/C25H24N4O2/c1-31-22-7-5-18(6-8-22)20-13-21(14-20)29-15-24(27-16-29)28-25(30)12-17-4-9-23-19(11-17)3-2-10-26-23/h2-11,15-16,20-21H,12-14H2,1H3,(H,28,30). The van der Waals surface area contributed by atoms with Crippen molar-refractivity contribution in [1.82, 2.24) is 14.5 Å². The number of ether oxygens (including phenoxy) is 1. The number of anilines is 1. The van der Waals surface area contributed by atoms with Crippen molar-refractivity contribution in [3.05, 3.63) is 84.4 Å². The summed E-state index contributed by atoms with van der Waals surface area (Å²) in [4.78, 5) is 21.2. The third-order valence-corrected chi connectivity index (χ3v) is 6.02. The number of hydrogen-bond donors (Lipinski definition) is 1. The van der Waals surface area contributed by atoms with Gasteiger partial charge in [-0.2, -0.15) is 0 Å². The predicted octanol–water partition coefficient (Wildman–Crippen LogP) is 4.74. The molecule has 0 unspecified atom stereocenters. The van der Waals surface area contributed by atoms with E-state index in [0.29, 0.717) is 24.2 Å². The third-order valence-electron chi connectivity index (χ3n) is 6.02. The van der Waals surface area contributed by atoms with Crippen LogP contribution in [0.25, 0.3) is 10.9 Å². The van der Waals surface area contributed by atoms with Crippen molar-refractivity contribution < 1.29 is 9.53 Å². The van der Waals surface area contributed by atoms with Crippen LogP contribution in [0.4, 0.5) is 5.82 Å². The van der Waals surface area contributed by atoms with E-state index in [4.69, 9.17) is 4.74 Å². The fourth-order valence-corrected chi connectivity index (χ4v) is 4.19. The number of fused-ring (bicyclic) bond motifs is 1. The SMILES string of the molecule is COc1ccc(C2CC(n3cnc(NC(=O)Cc4ccc5ncccc5c4)c3)C2)cc1. The summed E-state index contributed by atoms with van der Waals surface area (Å²) < 4.78 is 7.34. The van der Waals surface area contributed by atoms with Gasteiger partial charge in [-0.25, -0.2) is 4.98 Å². The van der Waals surface area contributed by atoms with Crippen LogP contribution in [0.3, 0.4) is 0 Å². The maximum absolute atomic E-state index is 12.5. The number of carbonyl (C=O) groups is 1. The molecule has 1 N–H and O–H groups in total. The molecule has 1 saturated carbocycles. The van der Waals surface area contributed by atoms with Crippen molar-refractivity contribution in [3.8, 4) is 5.75 Å². The molecule has 1 aliphatic carbocycles. The molecule has 1 amide bonds. The van der Waals surface area contributed by atoms with Crippen molar-refractivity contribution in [2.45, 2.75) is 31.2 Å². The van der Waals surface area contributed by atoms with Gasteiger partial charge in [-0.1, -0.05) is 24.3 Å². The van der Waals surface area contributed by atoms with Crippen molar-refractivity contribution in [2.75, 3.05) is 12.4 Å². The largest absolute Gasteiger partial charge is 0.497 e. The number of rotatable bonds is 6. The lowest BCUT2D eigenvalue weighted by Crippen LogP contribution is -2.24. The number of aromatic nitrogens is 3. The molecule has 0 aliphatic heterocycles. The molecule has 1 aliphatic rings. The molecule has 1 fully saturated rings. The van der Waals surface area contributed by atoms with Gasteiger partial charge < -0.3 is 14.6 Å². The lowest BCUT2D eigenvalue weighted by Gasteiger charge is -2.36. The molecule has 5 rings (SSSR count). The number of methoxy groups -OCH3 is 1. The van der Waals surface area contributed by atoms with Crippen LogP contribution in [-0.4, -0.2) is 27.6 Å². The minimum absolute atomic E-state index is 0.0711. The Bertz CT molecular complexity index is 1210. The zero-order chi connectivity index (χ0) is 21.2. The summed E-state index contributed by atoms with van der Waals surface area (Å²) in [5.41, 5.74) is 3.23. The van der Waals surface area contributed by atoms with Crippen molar-refractivity contribution in [3.63, 3.8) is 0 Å². The molecule has 0 spiro atoms. The molecular weight excluding hydrogens is 388 g/mol. The molecule has 0 atom stereocenters. The van der Waals surface area contributed by atoms with Crippen molar-refractivity contribution in [2.24, 2.45) is 0 Å². The fourth-order valence-electron chi connectivity index (χ4n) is 4.19. The summed E-state index contributed by atoms with van der Waals surface area (Å²) in [5.74, 6) is 1.97. The zero-order valence-corrected chi connectivity index (χ0v) is 17.4. The lowest BCUT2D eigenvalue weighted by atomic mass is 9.76. The van der Waals surface area contributed by atoms with Gasteiger partial charge in [-0.15, -0.1) is 0 Å². The fraction of sp³-hybridized carbons (Fsp3) is 0.240. The number of carbonyl (C=O) groups excluding carboxylic acids is 1. The maximum atomic E-state index is 12.5. The van der Waals surface area contributed by atoms with Crippen molar-refractivity contribution in [1.29, 1.82) is 0 Å². The highest BCUT2D eigenvalue weighted by atomic mass is 16.5. The van der Waals surface area contributed by atoms with Gasteiger partial charge in [0, 0.05) is 23.8 Å². The molecule has 6 nitrogen and oxygen atoms in total. The first-order valence-corrected chi connectivity index (χ1v) is 10.5. The number of amides is 1. The Hall–Kier alpha value is -3.67. The Morgan fingerprint density at radius 1 is 1.13 bits per heavy atom. The van der Waals surface area contributed by atoms with Gasteiger partial charge in [-0.3, -0.25) is 9.78 Å². The van der Waals surface area contributed by atoms with Crippen LogP contribution in [0.2, 0.25) is 0 Å². The molecule has 2 aromatic heterocycles. The summed E-state index contributed by atoms with van der Waals surface area (Å²) in [5, 5.41) is 3.95. The molecular formula is C25H24N4O2. The molecule has 0 saturated heterocycles. The lowest BCUT2D eigenvalue weighted by molar-refractivity contribution is -0.115. The monoisotopic (exact) mass is 412 g/mol. The number of nitrogens with zero attached hydrogens (tertiary/aromatic N) is 3. The summed E-state index contributed by atoms with van der Waals surface area (Å²) >= 11 is 0. The second kappa shape index (κ2) is 8.22. The summed E-state index contributed by atoms with van der Waals surface area (Å²) in [6.07, 6.45) is 7.96. The molecule has 0 radical (unpaired) electrons. The molecule has 156 valence electrons. The normalized spacial score (nSPS) is 17.8. The highest BCUT2D eigenvalue weighted by molar-refractivity contribution is 5.92. The van der Waals surface area contributed by atoms with Crippen LogP contribution in [0.15, 0.2) is 73.3 Å². The maximum Gasteiger partial charge on any atom is 0.229 e. The molecule has 31 heavy (non-hydrogen) atoms. The van der Waals surface area contributed by atoms with E-state index in [-0.39, 0.29) is 5.91 Å². The second-order valence-corrected chi connectivity index (χ2v) is 8.06. The van der Waals surface area contributed by atoms with Gasteiger partial charge in [0.05, 0.1) is 25.4 Å². The highest BCUT2D eigenvalue weighted by Gasteiger charge is 2.31. The van der Waals surface area contributed by atoms with Gasteiger partial charge in [-0.05, 0) is 60.2 Å². The van der Waals surface area contributed by atoms with E-state index < -0.39 is 0 Å². The van der Waals surface area contributed by atoms with E-state index in [1.165, 1.54) is 5.56 Å². The molecule has 6 heteroatoms. The molecule has 2 aromatic carbocycles. The van der Waals surface area contributed by atoms with Crippen LogP contribution in [0.1, 0.15) is 35.9 Å². The Morgan fingerprint density at radius 2 is 1.97 bits per heavy atom. The van der Waals surface area contributed by atoms with Crippen LogP contribution < -0.4 is 10.1 Å². The van der Waals surface area contributed by atoms with Gasteiger partial charge >= 0.3 is 0 Å². The Labute approximate surface area is 180 Å². The van der Waals surface area contributed by atoms with Crippen LogP contribution >= 0.6 is 0 Å². The first kappa shape index (κ1) is 19.3. The molecule has 0 bridgehead atoms. The van der Waals surface area contributed by atoms with E-state index >= 15 is 0 Å². The van der Waals surface area contributed by atoms with Crippen LogP contribution in [-0.2, 0) is 11.2 Å². The quantitative estimate of drug-likeness (QED) is 0.497. The second-order valence-electron chi connectivity index (χ2n) is 8.06. The van der Waals surface area contributed by atoms with Crippen molar-refractivity contribution >= 4 is 22.6 Å². The van der Waals surface area contributed by atoms with Crippen LogP contribution in [0.5, 0.6) is 5.75 Å². The Morgan fingerprint density at radius 3 is 2.77 bits per heavy atom. The van der Waals surface area contributed by atoms with E-state index in [1.54, 1.807) is 13.3 Å². The van der Waals surface area contributed by atoms with Gasteiger partial charge in [0.1, 0.15) is 5.75 Å². The van der Waals surface area contributed by atoms with Gasteiger partial charge in [0.25, 0.3) is 0 Å². The number of imidazole rings is 1. The molecule has 4 aromatic rings.